The van der Waals surface area contributed by atoms with Crippen LogP contribution in [0.1, 0.15) is 60.3 Å². The molecule has 1 rings (SSSR count). The molecule has 1 aliphatic rings. The molecular weight excluding hydrogens is 254 g/mol. The third-order valence-electron chi connectivity index (χ3n) is 4.48. The van der Waals surface area contributed by atoms with Crippen molar-refractivity contribution in [1.29, 1.82) is 0 Å². The molecule has 2 N–H and O–H groups in total. The van der Waals surface area contributed by atoms with Crippen LogP contribution in [-0.4, -0.2) is 6.54 Å². The van der Waals surface area contributed by atoms with Gasteiger partial charge in [0.25, 0.3) is 0 Å². The monoisotopic (exact) mass is 287 g/mol. The van der Waals surface area contributed by atoms with Gasteiger partial charge in [-0.25, -0.2) is 0 Å². The van der Waals surface area contributed by atoms with E-state index in [0.29, 0.717) is 11.3 Å². The lowest BCUT2D eigenvalue weighted by Crippen LogP contribution is -2.19. The van der Waals surface area contributed by atoms with Crippen LogP contribution in [0.5, 0.6) is 0 Å². The van der Waals surface area contributed by atoms with Gasteiger partial charge in [-0.15, -0.1) is 0 Å². The van der Waals surface area contributed by atoms with E-state index in [-0.39, 0.29) is 0 Å². The predicted octanol–water partition coefficient (Wildman–Crippen LogP) is 5.56. The van der Waals surface area contributed by atoms with Crippen LogP contribution in [0, 0.1) is 11.3 Å². The molecule has 0 aromatic carbocycles. The summed E-state index contributed by atoms with van der Waals surface area (Å²) >= 11 is 0. The minimum absolute atomic E-state index is 0.324. The summed E-state index contributed by atoms with van der Waals surface area (Å²) in [7, 11) is 0. The van der Waals surface area contributed by atoms with Crippen LogP contribution in [0.3, 0.4) is 0 Å². The van der Waals surface area contributed by atoms with E-state index in [1.54, 1.807) is 5.57 Å². The first-order valence-electron chi connectivity index (χ1n) is 8.30. The quantitative estimate of drug-likeness (QED) is 0.636. The highest BCUT2D eigenvalue weighted by Gasteiger charge is 2.26. The zero-order chi connectivity index (χ0) is 15.9. The summed E-state index contributed by atoms with van der Waals surface area (Å²) in [5.41, 5.74) is 10.3. The zero-order valence-electron chi connectivity index (χ0n) is 14.6. The van der Waals surface area contributed by atoms with Crippen molar-refractivity contribution in [3.8, 4) is 0 Å². The van der Waals surface area contributed by atoms with Crippen LogP contribution in [0.25, 0.3) is 0 Å². The smallest absolute Gasteiger partial charge is 0.00718 e. The maximum Gasteiger partial charge on any atom is -0.00718 e. The van der Waals surface area contributed by atoms with Crippen molar-refractivity contribution < 1.29 is 0 Å². The van der Waals surface area contributed by atoms with Crippen molar-refractivity contribution in [3.05, 3.63) is 47.1 Å². The van der Waals surface area contributed by atoms with Crippen LogP contribution in [0.2, 0.25) is 0 Å². The number of rotatable bonds is 6. The number of allylic oxidation sites excluding steroid dienone is 8. The fourth-order valence-electron chi connectivity index (χ4n) is 3.04. The molecule has 0 aliphatic heterocycles. The first kappa shape index (κ1) is 18.0. The number of nitrogens with two attached hydrogens (primary N) is 1. The first-order valence-corrected chi connectivity index (χ1v) is 8.30. The van der Waals surface area contributed by atoms with Gasteiger partial charge in [0, 0.05) is 0 Å². The first-order chi connectivity index (χ1) is 9.86. The molecule has 0 aromatic rings. The SMILES string of the molecule is CC1=C(/C=C/C(C)=C\C=C\C(C)CCN)C(C)(C)CCC1. The molecule has 0 saturated carbocycles. The molecule has 1 unspecified atom stereocenters. The van der Waals surface area contributed by atoms with E-state index in [0.717, 1.165) is 13.0 Å². The number of hydrogen-bond donors (Lipinski definition) is 1. The standard InChI is InChI=1S/C20H33N/c1-16(8-6-9-17(2)13-15-21)11-12-19-18(3)10-7-14-20(19,4)5/h6,8-9,11-12,17H,7,10,13-15,21H2,1-5H3/b9-6+,12-11+,16-8-. The van der Waals surface area contributed by atoms with Gasteiger partial charge in [-0.1, -0.05) is 62.3 Å². The van der Waals surface area contributed by atoms with Gasteiger partial charge < -0.3 is 5.73 Å². The zero-order valence-corrected chi connectivity index (χ0v) is 14.6. The van der Waals surface area contributed by atoms with Gasteiger partial charge in [-0.05, 0) is 63.0 Å². The highest BCUT2D eigenvalue weighted by molar-refractivity contribution is 5.36. The predicted molar refractivity (Wildman–Crippen MR) is 95.2 cm³/mol. The maximum atomic E-state index is 5.56. The van der Waals surface area contributed by atoms with E-state index in [1.165, 1.54) is 30.4 Å². The molecule has 0 aromatic heterocycles. The van der Waals surface area contributed by atoms with Crippen molar-refractivity contribution >= 4 is 0 Å². The van der Waals surface area contributed by atoms with Crippen molar-refractivity contribution in [2.75, 3.05) is 6.54 Å². The third kappa shape index (κ3) is 6.05. The summed E-state index contributed by atoms with van der Waals surface area (Å²) in [6.07, 6.45) is 16.1. The third-order valence-corrected chi connectivity index (χ3v) is 4.48. The number of hydrogen-bond acceptors (Lipinski definition) is 1. The van der Waals surface area contributed by atoms with Crippen LogP contribution in [0.4, 0.5) is 0 Å². The molecule has 0 heterocycles. The van der Waals surface area contributed by atoms with Crippen LogP contribution in [0.15, 0.2) is 47.1 Å². The minimum atomic E-state index is 0.324. The van der Waals surface area contributed by atoms with Gasteiger partial charge in [0.05, 0.1) is 0 Å². The summed E-state index contributed by atoms with van der Waals surface area (Å²) in [5.74, 6) is 0.560. The van der Waals surface area contributed by atoms with Gasteiger partial charge in [-0.2, -0.15) is 0 Å². The van der Waals surface area contributed by atoms with E-state index in [9.17, 15) is 0 Å². The molecule has 0 fully saturated rings. The molecule has 1 nitrogen and oxygen atoms in total. The maximum absolute atomic E-state index is 5.56. The lowest BCUT2D eigenvalue weighted by atomic mass is 9.72. The molecule has 118 valence electrons. The summed E-state index contributed by atoms with van der Waals surface area (Å²) in [4.78, 5) is 0. The highest BCUT2D eigenvalue weighted by Crippen LogP contribution is 2.40. The summed E-state index contributed by atoms with van der Waals surface area (Å²) in [6.45, 7) is 12.2. The van der Waals surface area contributed by atoms with Crippen molar-refractivity contribution in [1.82, 2.24) is 0 Å². The van der Waals surface area contributed by atoms with Crippen molar-refractivity contribution in [2.24, 2.45) is 17.1 Å². The summed E-state index contributed by atoms with van der Waals surface area (Å²) in [6, 6.07) is 0. The molecule has 0 spiro atoms. The lowest BCUT2D eigenvalue weighted by Gasteiger charge is -2.32. The van der Waals surface area contributed by atoms with E-state index in [1.807, 2.05) is 0 Å². The Kier molecular flexibility index (Phi) is 7.17. The van der Waals surface area contributed by atoms with E-state index in [4.69, 9.17) is 5.73 Å². The van der Waals surface area contributed by atoms with Gasteiger partial charge >= 0.3 is 0 Å². The van der Waals surface area contributed by atoms with E-state index >= 15 is 0 Å². The Morgan fingerprint density at radius 1 is 1.38 bits per heavy atom. The van der Waals surface area contributed by atoms with Gasteiger partial charge in [0.1, 0.15) is 0 Å². The van der Waals surface area contributed by atoms with Crippen molar-refractivity contribution in [3.63, 3.8) is 0 Å². The second-order valence-electron chi connectivity index (χ2n) is 7.11. The molecule has 0 amide bonds. The molecular formula is C20H33N. The molecule has 21 heavy (non-hydrogen) atoms. The second-order valence-corrected chi connectivity index (χ2v) is 7.11. The average molecular weight is 287 g/mol. The Bertz CT molecular complexity index is 446. The summed E-state index contributed by atoms with van der Waals surface area (Å²) < 4.78 is 0. The van der Waals surface area contributed by atoms with Gasteiger partial charge in [0.15, 0.2) is 0 Å². The lowest BCUT2D eigenvalue weighted by molar-refractivity contribution is 0.377. The molecule has 0 radical (unpaired) electrons. The second kappa shape index (κ2) is 8.38. The molecule has 0 saturated heterocycles. The molecule has 1 heteroatoms. The highest BCUT2D eigenvalue weighted by atomic mass is 14.5. The Labute approximate surface area is 131 Å². The van der Waals surface area contributed by atoms with Gasteiger partial charge in [-0.3, -0.25) is 0 Å². The largest absolute Gasteiger partial charge is 0.330 e. The topological polar surface area (TPSA) is 26.0 Å². The fourth-order valence-corrected chi connectivity index (χ4v) is 3.04. The minimum Gasteiger partial charge on any atom is -0.330 e. The average Bonchev–Trinajstić information content (AvgIpc) is 2.37. The van der Waals surface area contributed by atoms with Crippen LogP contribution in [-0.2, 0) is 0 Å². The van der Waals surface area contributed by atoms with Crippen molar-refractivity contribution in [2.45, 2.75) is 60.3 Å². The van der Waals surface area contributed by atoms with Crippen LogP contribution < -0.4 is 5.73 Å². The Morgan fingerprint density at radius 3 is 2.71 bits per heavy atom. The Morgan fingerprint density at radius 2 is 2.10 bits per heavy atom. The van der Waals surface area contributed by atoms with Crippen LogP contribution >= 0.6 is 0 Å². The van der Waals surface area contributed by atoms with E-state index in [2.05, 4.69) is 65.0 Å². The summed E-state index contributed by atoms with van der Waals surface area (Å²) in [5, 5.41) is 0. The fraction of sp³-hybridized carbons (Fsp3) is 0.600. The molecule has 1 atom stereocenters. The Hall–Kier alpha value is -1.08. The normalized spacial score (nSPS) is 21.5. The molecule has 1 aliphatic carbocycles. The van der Waals surface area contributed by atoms with E-state index < -0.39 is 0 Å². The Balaban J connectivity index is 2.71. The van der Waals surface area contributed by atoms with Gasteiger partial charge in [0.2, 0.25) is 0 Å². The molecule has 0 bridgehead atoms.